The van der Waals surface area contributed by atoms with Gasteiger partial charge in [0.25, 0.3) is 0 Å². The molecule has 19 heavy (non-hydrogen) atoms. The summed E-state index contributed by atoms with van der Waals surface area (Å²) in [4.78, 5) is 2.67. The first kappa shape index (κ1) is 13.1. The number of piperidine rings is 1. The van der Waals surface area contributed by atoms with Gasteiger partial charge in [0.05, 0.1) is 5.69 Å². The maximum absolute atomic E-state index is 4.62. The van der Waals surface area contributed by atoms with Gasteiger partial charge < -0.3 is 5.32 Å². The molecule has 1 aromatic heterocycles. The minimum atomic E-state index is 0.453. The van der Waals surface area contributed by atoms with Crippen molar-refractivity contribution in [2.45, 2.75) is 64.2 Å². The highest BCUT2D eigenvalue weighted by molar-refractivity contribution is 5.01. The van der Waals surface area contributed by atoms with Crippen LogP contribution in [0.4, 0.5) is 0 Å². The highest BCUT2D eigenvalue weighted by atomic mass is 15.3. The first-order valence-corrected chi connectivity index (χ1v) is 7.75. The summed E-state index contributed by atoms with van der Waals surface area (Å²) in [6.07, 6.45) is 7.56. The number of nitrogens with zero attached hydrogens (tertiary/aromatic N) is 3. The molecular weight excluding hydrogens is 236 g/mol. The molecule has 2 fully saturated rings. The molecule has 2 saturated heterocycles. The zero-order valence-corrected chi connectivity index (χ0v) is 12.2. The molecule has 3 heterocycles. The van der Waals surface area contributed by atoms with Gasteiger partial charge in [-0.25, -0.2) is 0 Å². The fourth-order valence-corrected chi connectivity index (χ4v) is 3.48. The van der Waals surface area contributed by atoms with Crippen molar-refractivity contribution in [1.82, 2.24) is 20.0 Å². The average molecular weight is 262 g/mol. The van der Waals surface area contributed by atoms with Gasteiger partial charge in [-0.15, -0.1) is 0 Å². The van der Waals surface area contributed by atoms with E-state index in [0.717, 1.165) is 12.6 Å². The van der Waals surface area contributed by atoms with E-state index in [1.807, 2.05) is 4.68 Å². The fraction of sp³-hybridized carbons (Fsp3) is 0.800. The Kier molecular flexibility index (Phi) is 3.89. The third-order valence-corrected chi connectivity index (χ3v) is 4.59. The van der Waals surface area contributed by atoms with E-state index in [9.17, 15) is 0 Å². The SMILES string of the molecule is CC(C)n1ccc(CNC2CCN3CCCCC23)n1. The monoisotopic (exact) mass is 262 g/mol. The standard InChI is InChI=1S/C15H26N4/c1-12(2)19-10-6-13(17-19)11-16-14-7-9-18-8-4-3-5-15(14)18/h6,10,12,14-16H,3-5,7-9,11H2,1-2H3. The molecule has 2 atom stereocenters. The van der Waals surface area contributed by atoms with E-state index in [4.69, 9.17) is 0 Å². The number of aromatic nitrogens is 2. The van der Waals surface area contributed by atoms with Crippen molar-refractivity contribution in [3.05, 3.63) is 18.0 Å². The Morgan fingerprint density at radius 2 is 2.21 bits per heavy atom. The van der Waals surface area contributed by atoms with Gasteiger partial charge in [-0.3, -0.25) is 9.58 Å². The summed E-state index contributed by atoms with van der Waals surface area (Å²) in [6, 6.07) is 4.04. The van der Waals surface area contributed by atoms with Crippen LogP contribution in [-0.4, -0.2) is 39.9 Å². The van der Waals surface area contributed by atoms with Crippen LogP contribution in [0, 0.1) is 0 Å². The van der Waals surface area contributed by atoms with Gasteiger partial charge in [0.2, 0.25) is 0 Å². The predicted molar refractivity (Wildman–Crippen MR) is 77.1 cm³/mol. The molecule has 0 bridgehead atoms. The van der Waals surface area contributed by atoms with Crippen molar-refractivity contribution in [2.75, 3.05) is 13.1 Å². The lowest BCUT2D eigenvalue weighted by molar-refractivity contribution is 0.180. The fourth-order valence-electron chi connectivity index (χ4n) is 3.48. The third kappa shape index (κ3) is 2.84. The molecule has 4 heteroatoms. The zero-order chi connectivity index (χ0) is 13.2. The maximum atomic E-state index is 4.62. The molecule has 1 aromatic rings. The molecule has 0 amide bonds. The van der Waals surface area contributed by atoms with Gasteiger partial charge in [-0.2, -0.15) is 5.10 Å². The van der Waals surface area contributed by atoms with Gasteiger partial charge in [-0.1, -0.05) is 6.42 Å². The number of rotatable bonds is 4. The Morgan fingerprint density at radius 1 is 1.32 bits per heavy atom. The largest absolute Gasteiger partial charge is 0.307 e. The van der Waals surface area contributed by atoms with Crippen molar-refractivity contribution in [1.29, 1.82) is 0 Å². The smallest absolute Gasteiger partial charge is 0.0762 e. The number of fused-ring (bicyclic) bond motifs is 1. The summed E-state index contributed by atoms with van der Waals surface area (Å²) in [5.74, 6) is 0. The van der Waals surface area contributed by atoms with E-state index in [1.165, 1.54) is 44.5 Å². The van der Waals surface area contributed by atoms with E-state index in [2.05, 4.69) is 41.4 Å². The first-order valence-electron chi connectivity index (χ1n) is 7.75. The van der Waals surface area contributed by atoms with E-state index < -0.39 is 0 Å². The van der Waals surface area contributed by atoms with Crippen LogP contribution >= 0.6 is 0 Å². The maximum Gasteiger partial charge on any atom is 0.0762 e. The van der Waals surface area contributed by atoms with E-state index in [0.29, 0.717) is 12.1 Å². The number of hydrogen-bond donors (Lipinski definition) is 1. The number of hydrogen-bond acceptors (Lipinski definition) is 3. The molecule has 0 aliphatic carbocycles. The van der Waals surface area contributed by atoms with Crippen molar-refractivity contribution < 1.29 is 0 Å². The number of nitrogens with one attached hydrogen (secondary N) is 1. The molecule has 0 radical (unpaired) electrons. The Balaban J connectivity index is 1.54. The Bertz CT molecular complexity index is 412. The van der Waals surface area contributed by atoms with Crippen LogP contribution in [-0.2, 0) is 6.54 Å². The molecule has 1 N–H and O–H groups in total. The normalized spacial score (nSPS) is 27.9. The lowest BCUT2D eigenvalue weighted by atomic mass is 9.99. The van der Waals surface area contributed by atoms with Crippen LogP contribution < -0.4 is 5.32 Å². The van der Waals surface area contributed by atoms with E-state index >= 15 is 0 Å². The molecule has 2 aliphatic heterocycles. The highest BCUT2D eigenvalue weighted by Gasteiger charge is 2.34. The molecule has 0 spiro atoms. The van der Waals surface area contributed by atoms with Crippen LogP contribution in [0.15, 0.2) is 12.3 Å². The molecule has 2 aliphatic rings. The zero-order valence-electron chi connectivity index (χ0n) is 12.2. The Morgan fingerprint density at radius 3 is 3.00 bits per heavy atom. The Labute approximate surface area is 116 Å². The summed E-state index contributed by atoms with van der Waals surface area (Å²) >= 11 is 0. The summed E-state index contributed by atoms with van der Waals surface area (Å²) in [6.45, 7) is 7.84. The van der Waals surface area contributed by atoms with Gasteiger partial charge in [0, 0.05) is 37.4 Å². The molecule has 4 nitrogen and oxygen atoms in total. The van der Waals surface area contributed by atoms with Crippen LogP contribution in [0.25, 0.3) is 0 Å². The highest BCUT2D eigenvalue weighted by Crippen LogP contribution is 2.27. The third-order valence-electron chi connectivity index (χ3n) is 4.59. The molecule has 3 rings (SSSR count). The van der Waals surface area contributed by atoms with Gasteiger partial charge in [0.15, 0.2) is 0 Å². The second-order valence-corrected chi connectivity index (χ2v) is 6.26. The van der Waals surface area contributed by atoms with Crippen LogP contribution in [0.3, 0.4) is 0 Å². The molecule has 0 saturated carbocycles. The second-order valence-electron chi connectivity index (χ2n) is 6.26. The topological polar surface area (TPSA) is 33.1 Å². The molecule has 106 valence electrons. The van der Waals surface area contributed by atoms with Crippen molar-refractivity contribution in [3.8, 4) is 0 Å². The summed E-state index contributed by atoms with van der Waals surface area (Å²) in [5.41, 5.74) is 1.17. The van der Waals surface area contributed by atoms with E-state index in [1.54, 1.807) is 0 Å². The summed E-state index contributed by atoms with van der Waals surface area (Å²) in [7, 11) is 0. The van der Waals surface area contributed by atoms with Gasteiger partial charge in [-0.05, 0) is 45.7 Å². The minimum Gasteiger partial charge on any atom is -0.307 e. The molecular formula is C15H26N4. The van der Waals surface area contributed by atoms with Crippen LogP contribution in [0.2, 0.25) is 0 Å². The van der Waals surface area contributed by atoms with Crippen LogP contribution in [0.5, 0.6) is 0 Å². The average Bonchev–Trinajstić information content (AvgIpc) is 3.03. The first-order chi connectivity index (χ1) is 9.24. The second kappa shape index (κ2) is 5.63. The van der Waals surface area contributed by atoms with Crippen molar-refractivity contribution in [3.63, 3.8) is 0 Å². The predicted octanol–water partition coefficient (Wildman–Crippen LogP) is 2.18. The Hall–Kier alpha value is -0.870. The van der Waals surface area contributed by atoms with Crippen molar-refractivity contribution in [2.24, 2.45) is 0 Å². The quantitative estimate of drug-likeness (QED) is 0.903. The van der Waals surface area contributed by atoms with Crippen molar-refractivity contribution >= 4 is 0 Å². The van der Waals surface area contributed by atoms with Gasteiger partial charge >= 0.3 is 0 Å². The molecule has 2 unspecified atom stereocenters. The van der Waals surface area contributed by atoms with E-state index in [-0.39, 0.29) is 0 Å². The van der Waals surface area contributed by atoms with Crippen LogP contribution in [0.1, 0.15) is 51.3 Å². The molecule has 0 aromatic carbocycles. The lowest BCUT2D eigenvalue weighted by Crippen LogP contribution is -2.44. The van der Waals surface area contributed by atoms with Gasteiger partial charge in [0.1, 0.15) is 0 Å². The summed E-state index contributed by atoms with van der Waals surface area (Å²) < 4.78 is 2.04. The summed E-state index contributed by atoms with van der Waals surface area (Å²) in [5, 5.41) is 8.35. The minimum absolute atomic E-state index is 0.453. The lowest BCUT2D eigenvalue weighted by Gasteiger charge is -2.32.